The third-order valence-electron chi connectivity index (χ3n) is 4.35. The number of anilines is 1. The number of halogens is 3. The van der Waals surface area contributed by atoms with Crippen LogP contribution in [0.1, 0.15) is 21.5 Å². The second-order valence-corrected chi connectivity index (χ2v) is 7.58. The van der Waals surface area contributed by atoms with Gasteiger partial charge in [-0.1, -0.05) is 53.0 Å². The van der Waals surface area contributed by atoms with Crippen molar-refractivity contribution < 1.29 is 19.4 Å². The molecule has 0 atom stereocenters. The van der Waals surface area contributed by atoms with E-state index in [1.54, 1.807) is 43.5 Å². The van der Waals surface area contributed by atoms with Crippen molar-refractivity contribution in [2.24, 2.45) is 0 Å². The Morgan fingerprint density at radius 1 is 1.00 bits per heavy atom. The molecule has 0 aliphatic heterocycles. The number of carboxylic acid groups (broad SMARTS) is 1. The van der Waals surface area contributed by atoms with Gasteiger partial charge in [-0.15, -0.1) is 0 Å². The summed E-state index contributed by atoms with van der Waals surface area (Å²) < 4.78 is 11.5. The Bertz CT molecular complexity index is 1070. The number of hydrogen-bond acceptors (Lipinski definition) is 4. The normalized spacial score (nSPS) is 10.5. The van der Waals surface area contributed by atoms with Gasteiger partial charge in [0.25, 0.3) is 0 Å². The van der Waals surface area contributed by atoms with Crippen molar-refractivity contribution in [1.29, 1.82) is 0 Å². The number of nitrogens with one attached hydrogen (secondary N) is 1. The fraction of sp³-hybridized carbons (Fsp3) is 0.136. The van der Waals surface area contributed by atoms with E-state index in [1.165, 1.54) is 6.07 Å². The molecule has 0 heterocycles. The molecular formula is C22H18Cl3NO4. The van der Waals surface area contributed by atoms with Crippen LogP contribution in [0.3, 0.4) is 0 Å². The van der Waals surface area contributed by atoms with Crippen LogP contribution >= 0.6 is 34.8 Å². The number of hydrogen-bond donors (Lipinski definition) is 2. The maximum atomic E-state index is 11.3. The van der Waals surface area contributed by atoms with Gasteiger partial charge >= 0.3 is 5.97 Å². The summed E-state index contributed by atoms with van der Waals surface area (Å²) >= 11 is 18.1. The average Bonchev–Trinajstić information content (AvgIpc) is 2.72. The molecule has 5 nitrogen and oxygen atoms in total. The standard InChI is InChI=1S/C22H18Cl3NO4/c1-29-20-4-2-3-13(11-26-16-7-8-18(24)17(10-16)22(27)28)21(20)30-12-14-5-6-15(23)9-19(14)25/h2-10,26H,11-12H2,1H3,(H,27,28). The Labute approximate surface area is 189 Å². The fourth-order valence-electron chi connectivity index (χ4n) is 2.81. The van der Waals surface area contributed by atoms with Crippen LogP contribution < -0.4 is 14.8 Å². The Kier molecular flexibility index (Phi) is 7.32. The highest BCUT2D eigenvalue weighted by atomic mass is 35.5. The Morgan fingerprint density at radius 2 is 1.80 bits per heavy atom. The van der Waals surface area contributed by atoms with E-state index in [0.717, 1.165) is 11.1 Å². The largest absolute Gasteiger partial charge is 0.493 e. The lowest BCUT2D eigenvalue weighted by molar-refractivity contribution is 0.0697. The number of benzene rings is 3. The van der Waals surface area contributed by atoms with E-state index in [9.17, 15) is 9.90 Å². The van der Waals surface area contributed by atoms with E-state index in [0.29, 0.717) is 33.8 Å². The maximum Gasteiger partial charge on any atom is 0.337 e. The highest BCUT2D eigenvalue weighted by molar-refractivity contribution is 6.35. The van der Waals surface area contributed by atoms with Crippen molar-refractivity contribution in [3.63, 3.8) is 0 Å². The summed E-state index contributed by atoms with van der Waals surface area (Å²) in [6.45, 7) is 0.606. The number of rotatable bonds is 8. The minimum atomic E-state index is -1.09. The molecule has 0 aromatic heterocycles. The molecule has 2 N–H and O–H groups in total. The van der Waals surface area contributed by atoms with Gasteiger partial charge < -0.3 is 19.9 Å². The number of methoxy groups -OCH3 is 1. The van der Waals surface area contributed by atoms with E-state index in [1.807, 2.05) is 12.1 Å². The lowest BCUT2D eigenvalue weighted by Crippen LogP contribution is -2.06. The molecule has 0 bridgehead atoms. The molecule has 0 aliphatic rings. The van der Waals surface area contributed by atoms with E-state index >= 15 is 0 Å². The minimum absolute atomic E-state index is 0.0289. The number of carboxylic acids is 1. The predicted octanol–water partition coefficient (Wildman–Crippen LogP) is 6.54. The minimum Gasteiger partial charge on any atom is -0.493 e. The molecule has 3 rings (SSSR count). The van der Waals surface area contributed by atoms with Gasteiger partial charge in [-0.3, -0.25) is 0 Å². The van der Waals surface area contributed by atoms with Crippen LogP contribution in [0, 0.1) is 0 Å². The smallest absolute Gasteiger partial charge is 0.337 e. The SMILES string of the molecule is COc1cccc(CNc2ccc(Cl)c(C(=O)O)c2)c1OCc1ccc(Cl)cc1Cl. The first kappa shape index (κ1) is 22.1. The van der Waals surface area contributed by atoms with Crippen LogP contribution in [0.25, 0.3) is 0 Å². The fourth-order valence-corrected chi connectivity index (χ4v) is 3.47. The predicted molar refractivity (Wildman–Crippen MR) is 120 cm³/mol. The first-order valence-corrected chi connectivity index (χ1v) is 10.0. The molecule has 8 heteroatoms. The van der Waals surface area contributed by atoms with Gasteiger partial charge in [-0.25, -0.2) is 4.79 Å². The molecule has 0 spiro atoms. The molecule has 0 radical (unpaired) electrons. The summed E-state index contributed by atoms with van der Waals surface area (Å²) in [4.78, 5) is 11.3. The Balaban J connectivity index is 1.80. The van der Waals surface area contributed by atoms with Crippen LogP contribution in [0.15, 0.2) is 54.6 Å². The molecule has 30 heavy (non-hydrogen) atoms. The molecule has 0 saturated heterocycles. The zero-order chi connectivity index (χ0) is 21.7. The van der Waals surface area contributed by atoms with Crippen molar-refractivity contribution in [3.05, 3.63) is 86.4 Å². The van der Waals surface area contributed by atoms with Gasteiger partial charge in [0.05, 0.1) is 17.7 Å². The van der Waals surface area contributed by atoms with E-state index in [4.69, 9.17) is 44.3 Å². The molecule has 3 aromatic carbocycles. The number of ether oxygens (including phenoxy) is 2. The average molecular weight is 467 g/mol. The van der Waals surface area contributed by atoms with Crippen molar-refractivity contribution >= 4 is 46.5 Å². The first-order valence-electron chi connectivity index (χ1n) is 8.88. The summed E-state index contributed by atoms with van der Waals surface area (Å²) in [5.74, 6) is 0.0431. The molecule has 0 unspecified atom stereocenters. The van der Waals surface area contributed by atoms with Crippen LogP contribution in [-0.2, 0) is 13.2 Å². The molecule has 0 saturated carbocycles. The van der Waals surface area contributed by atoms with Crippen LogP contribution in [0.2, 0.25) is 15.1 Å². The third kappa shape index (κ3) is 5.30. The van der Waals surface area contributed by atoms with Crippen molar-refractivity contribution in [2.45, 2.75) is 13.2 Å². The van der Waals surface area contributed by atoms with E-state index in [-0.39, 0.29) is 17.2 Å². The quantitative estimate of drug-likeness (QED) is 0.394. The molecule has 0 amide bonds. The second kappa shape index (κ2) is 9.94. The van der Waals surface area contributed by atoms with Crippen LogP contribution in [-0.4, -0.2) is 18.2 Å². The molecule has 156 valence electrons. The molecule has 3 aromatic rings. The van der Waals surface area contributed by atoms with Crippen LogP contribution in [0.4, 0.5) is 5.69 Å². The molecule has 0 fully saturated rings. The second-order valence-electron chi connectivity index (χ2n) is 6.33. The van der Waals surface area contributed by atoms with Gasteiger partial charge in [0.2, 0.25) is 0 Å². The zero-order valence-electron chi connectivity index (χ0n) is 15.9. The van der Waals surface area contributed by atoms with Crippen LogP contribution in [0.5, 0.6) is 11.5 Å². The third-order valence-corrected chi connectivity index (χ3v) is 5.26. The zero-order valence-corrected chi connectivity index (χ0v) is 18.2. The van der Waals surface area contributed by atoms with Gasteiger partial charge in [-0.05, 0) is 36.4 Å². The summed E-state index contributed by atoms with van der Waals surface area (Å²) in [6, 6.07) is 15.5. The summed E-state index contributed by atoms with van der Waals surface area (Å²) in [6.07, 6.45) is 0. The Hall–Kier alpha value is -2.60. The maximum absolute atomic E-state index is 11.3. The Morgan fingerprint density at radius 3 is 2.50 bits per heavy atom. The van der Waals surface area contributed by atoms with Gasteiger partial charge in [0.1, 0.15) is 6.61 Å². The highest BCUT2D eigenvalue weighted by Gasteiger charge is 2.13. The summed E-state index contributed by atoms with van der Waals surface area (Å²) in [5.41, 5.74) is 2.26. The number of carbonyl (C=O) groups is 1. The highest BCUT2D eigenvalue weighted by Crippen LogP contribution is 2.33. The molecule has 0 aliphatic carbocycles. The summed E-state index contributed by atoms with van der Waals surface area (Å²) in [7, 11) is 1.56. The molecular weight excluding hydrogens is 449 g/mol. The van der Waals surface area contributed by atoms with Gasteiger partial charge in [0, 0.05) is 33.4 Å². The number of aromatic carboxylic acids is 1. The van der Waals surface area contributed by atoms with E-state index in [2.05, 4.69) is 5.32 Å². The number of para-hydroxylation sites is 1. The topological polar surface area (TPSA) is 67.8 Å². The van der Waals surface area contributed by atoms with E-state index < -0.39 is 5.97 Å². The van der Waals surface area contributed by atoms with Crippen molar-refractivity contribution in [3.8, 4) is 11.5 Å². The first-order chi connectivity index (χ1) is 14.4. The van der Waals surface area contributed by atoms with Crippen molar-refractivity contribution in [2.75, 3.05) is 12.4 Å². The lowest BCUT2D eigenvalue weighted by atomic mass is 10.1. The monoisotopic (exact) mass is 465 g/mol. The van der Waals surface area contributed by atoms with Crippen molar-refractivity contribution in [1.82, 2.24) is 0 Å². The summed E-state index contributed by atoms with van der Waals surface area (Å²) in [5, 5.41) is 13.7. The lowest BCUT2D eigenvalue weighted by Gasteiger charge is -2.17. The van der Waals surface area contributed by atoms with Gasteiger partial charge in [-0.2, -0.15) is 0 Å². The van der Waals surface area contributed by atoms with Gasteiger partial charge in [0.15, 0.2) is 11.5 Å².